The Morgan fingerprint density at radius 2 is 2.25 bits per heavy atom. The molecule has 88 valence electrons. The lowest BCUT2D eigenvalue weighted by atomic mass is 10.1. The minimum absolute atomic E-state index is 0.608. The zero-order chi connectivity index (χ0) is 11.7. The number of nitrogens with zero attached hydrogens (tertiary/aromatic N) is 2. The van der Waals surface area contributed by atoms with Crippen molar-refractivity contribution < 1.29 is 0 Å². The largest absolute Gasteiger partial charge is 0.350 e. The third kappa shape index (κ3) is 2.10. The van der Waals surface area contributed by atoms with Crippen LogP contribution in [0.25, 0.3) is 0 Å². The van der Waals surface area contributed by atoms with Gasteiger partial charge in [0, 0.05) is 18.3 Å². The molecule has 0 amide bonds. The van der Waals surface area contributed by atoms with Crippen molar-refractivity contribution >= 4 is 21.7 Å². The fourth-order valence-corrected chi connectivity index (χ4v) is 3.24. The Morgan fingerprint density at radius 3 is 2.88 bits per heavy atom. The minimum atomic E-state index is 0.608. The zero-order valence-corrected chi connectivity index (χ0v) is 11.8. The van der Waals surface area contributed by atoms with Crippen LogP contribution in [0.5, 0.6) is 0 Å². The van der Waals surface area contributed by atoms with Gasteiger partial charge in [-0.15, -0.1) is 0 Å². The molecule has 2 unspecified atom stereocenters. The van der Waals surface area contributed by atoms with Crippen LogP contribution in [0.2, 0.25) is 0 Å². The lowest BCUT2D eigenvalue weighted by Gasteiger charge is -2.30. The Hall–Kier alpha value is -0.570. The summed E-state index contributed by atoms with van der Waals surface area (Å²) in [6.07, 6.45) is 5.73. The first-order valence-corrected chi connectivity index (χ1v) is 6.83. The Balaban J connectivity index is 2.34. The van der Waals surface area contributed by atoms with E-state index in [0.29, 0.717) is 12.1 Å². The van der Waals surface area contributed by atoms with E-state index in [1.807, 2.05) is 6.20 Å². The van der Waals surface area contributed by atoms with Crippen molar-refractivity contribution in [2.45, 2.75) is 52.1 Å². The second-order valence-electron chi connectivity index (χ2n) is 4.71. The van der Waals surface area contributed by atoms with E-state index in [1.165, 1.54) is 24.8 Å². The van der Waals surface area contributed by atoms with Crippen LogP contribution in [0.15, 0.2) is 16.7 Å². The summed E-state index contributed by atoms with van der Waals surface area (Å²) >= 11 is 3.64. The second-order valence-corrected chi connectivity index (χ2v) is 5.57. The van der Waals surface area contributed by atoms with Crippen LogP contribution in [0.4, 0.5) is 5.82 Å². The molecule has 16 heavy (non-hydrogen) atoms. The van der Waals surface area contributed by atoms with Crippen LogP contribution in [-0.2, 0) is 0 Å². The van der Waals surface area contributed by atoms with Crippen LogP contribution in [0, 0.1) is 6.92 Å². The summed E-state index contributed by atoms with van der Waals surface area (Å²) in [4.78, 5) is 7.06. The smallest absolute Gasteiger partial charge is 0.143 e. The molecule has 0 radical (unpaired) electrons. The molecule has 3 heteroatoms. The maximum Gasteiger partial charge on any atom is 0.143 e. The number of rotatable bonds is 2. The highest BCUT2D eigenvalue weighted by Gasteiger charge is 2.31. The van der Waals surface area contributed by atoms with Crippen molar-refractivity contribution in [1.29, 1.82) is 0 Å². The Bertz CT molecular complexity index is 378. The average Bonchev–Trinajstić information content (AvgIpc) is 2.60. The van der Waals surface area contributed by atoms with Gasteiger partial charge in [0.05, 0.1) is 4.47 Å². The molecule has 0 aromatic carbocycles. The van der Waals surface area contributed by atoms with Crippen molar-refractivity contribution in [1.82, 2.24) is 4.98 Å². The molecule has 0 saturated carbocycles. The Morgan fingerprint density at radius 1 is 1.50 bits per heavy atom. The predicted molar refractivity (Wildman–Crippen MR) is 71.9 cm³/mol. The highest BCUT2D eigenvalue weighted by molar-refractivity contribution is 9.10. The number of hydrogen-bond donors (Lipinski definition) is 0. The molecule has 0 spiro atoms. The van der Waals surface area contributed by atoms with Crippen LogP contribution in [-0.4, -0.2) is 17.1 Å². The van der Waals surface area contributed by atoms with Gasteiger partial charge in [-0.2, -0.15) is 0 Å². The molecular formula is C13H19BrN2. The number of pyridine rings is 1. The second kappa shape index (κ2) is 4.74. The molecule has 2 atom stereocenters. The Kier molecular flexibility index (Phi) is 3.53. The summed E-state index contributed by atoms with van der Waals surface area (Å²) in [5.41, 5.74) is 1.20. The molecule has 0 N–H and O–H groups in total. The minimum Gasteiger partial charge on any atom is -0.350 e. The van der Waals surface area contributed by atoms with Crippen molar-refractivity contribution in [3.8, 4) is 0 Å². The van der Waals surface area contributed by atoms with Gasteiger partial charge in [-0.3, -0.25) is 0 Å². The van der Waals surface area contributed by atoms with Gasteiger partial charge in [0.1, 0.15) is 5.82 Å². The molecule has 2 heterocycles. The molecule has 1 aromatic rings. The van der Waals surface area contributed by atoms with Gasteiger partial charge in [0.2, 0.25) is 0 Å². The Labute approximate surface area is 106 Å². The van der Waals surface area contributed by atoms with Crippen molar-refractivity contribution in [3.05, 3.63) is 22.3 Å². The van der Waals surface area contributed by atoms with Gasteiger partial charge in [0.25, 0.3) is 0 Å². The van der Waals surface area contributed by atoms with E-state index in [0.717, 1.165) is 10.3 Å². The van der Waals surface area contributed by atoms with Gasteiger partial charge in [-0.05, 0) is 60.7 Å². The number of halogens is 1. The van der Waals surface area contributed by atoms with E-state index in [9.17, 15) is 0 Å². The van der Waals surface area contributed by atoms with Gasteiger partial charge in [0.15, 0.2) is 0 Å². The lowest BCUT2D eigenvalue weighted by molar-refractivity contribution is 0.620. The van der Waals surface area contributed by atoms with Crippen LogP contribution in [0.1, 0.15) is 38.7 Å². The van der Waals surface area contributed by atoms with Crippen LogP contribution >= 0.6 is 15.9 Å². The molecule has 1 saturated heterocycles. The quantitative estimate of drug-likeness (QED) is 0.817. The summed E-state index contributed by atoms with van der Waals surface area (Å²) in [5, 5.41) is 0. The summed E-state index contributed by atoms with van der Waals surface area (Å²) in [6, 6.07) is 3.41. The van der Waals surface area contributed by atoms with E-state index in [4.69, 9.17) is 0 Å². The normalized spacial score (nSPS) is 25.1. The third-order valence-electron chi connectivity index (χ3n) is 3.46. The zero-order valence-electron chi connectivity index (χ0n) is 10.2. The maximum absolute atomic E-state index is 4.59. The topological polar surface area (TPSA) is 16.1 Å². The SMILES string of the molecule is CCC1CCC(C)N1c1ncc(C)cc1Br. The van der Waals surface area contributed by atoms with Crippen LogP contribution < -0.4 is 4.90 Å². The van der Waals surface area contributed by atoms with Gasteiger partial charge >= 0.3 is 0 Å². The molecule has 1 aliphatic rings. The van der Waals surface area contributed by atoms with E-state index in [1.54, 1.807) is 0 Å². The molecule has 1 fully saturated rings. The van der Waals surface area contributed by atoms with E-state index in [-0.39, 0.29) is 0 Å². The van der Waals surface area contributed by atoms with Crippen molar-refractivity contribution in [2.24, 2.45) is 0 Å². The highest BCUT2D eigenvalue weighted by atomic mass is 79.9. The number of hydrogen-bond acceptors (Lipinski definition) is 2. The maximum atomic E-state index is 4.59. The fraction of sp³-hybridized carbons (Fsp3) is 0.615. The standard InChI is InChI=1S/C13H19BrN2/c1-4-11-6-5-10(3)16(11)13-12(14)7-9(2)8-15-13/h7-8,10-11H,4-6H2,1-3H3. The first kappa shape index (κ1) is 11.9. The van der Waals surface area contributed by atoms with Gasteiger partial charge < -0.3 is 4.90 Å². The van der Waals surface area contributed by atoms with Crippen LogP contribution in [0.3, 0.4) is 0 Å². The molecule has 1 aliphatic heterocycles. The molecule has 2 nitrogen and oxygen atoms in total. The molecule has 0 bridgehead atoms. The number of aryl methyl sites for hydroxylation is 1. The van der Waals surface area contributed by atoms with Crippen molar-refractivity contribution in [3.63, 3.8) is 0 Å². The monoisotopic (exact) mass is 282 g/mol. The van der Waals surface area contributed by atoms with Gasteiger partial charge in [-0.25, -0.2) is 4.98 Å². The lowest BCUT2D eigenvalue weighted by Crippen LogP contribution is -2.35. The van der Waals surface area contributed by atoms with E-state index in [2.05, 4.69) is 52.7 Å². The van der Waals surface area contributed by atoms with Crippen molar-refractivity contribution in [2.75, 3.05) is 4.90 Å². The summed E-state index contributed by atoms with van der Waals surface area (Å²) in [7, 11) is 0. The molecule has 1 aromatic heterocycles. The predicted octanol–water partition coefficient (Wildman–Crippen LogP) is 3.92. The van der Waals surface area contributed by atoms with Gasteiger partial charge in [-0.1, -0.05) is 6.92 Å². The number of anilines is 1. The number of aromatic nitrogens is 1. The highest BCUT2D eigenvalue weighted by Crippen LogP contribution is 2.35. The summed E-state index contributed by atoms with van der Waals surface area (Å²) in [6.45, 7) is 6.63. The first-order valence-electron chi connectivity index (χ1n) is 6.04. The van der Waals surface area contributed by atoms with E-state index >= 15 is 0 Å². The first-order chi connectivity index (χ1) is 7.63. The summed E-state index contributed by atoms with van der Waals surface area (Å²) < 4.78 is 1.12. The average molecular weight is 283 g/mol. The third-order valence-corrected chi connectivity index (χ3v) is 4.04. The molecule has 0 aliphatic carbocycles. The van der Waals surface area contributed by atoms with E-state index < -0.39 is 0 Å². The molecular weight excluding hydrogens is 264 g/mol. The summed E-state index contributed by atoms with van der Waals surface area (Å²) in [5.74, 6) is 1.11. The fourth-order valence-electron chi connectivity index (χ4n) is 2.57. The molecule has 2 rings (SSSR count).